The molecule has 0 saturated carbocycles. The monoisotopic (exact) mass is 118 g/mol. The van der Waals surface area contributed by atoms with Crippen LogP contribution in [0, 0.1) is 5.92 Å². The molecule has 0 aliphatic carbocycles. The molecule has 7 heavy (non-hydrogen) atoms. The zero-order chi connectivity index (χ0) is 5.28. The van der Waals surface area contributed by atoms with E-state index in [1.54, 1.807) is 0 Å². The van der Waals surface area contributed by atoms with Gasteiger partial charge < -0.3 is 5.11 Å². The summed E-state index contributed by atoms with van der Waals surface area (Å²) in [5.74, 6) is 2.93. The second kappa shape index (κ2) is 2.05. The lowest BCUT2D eigenvalue weighted by Gasteiger charge is -2.26. The van der Waals surface area contributed by atoms with Crippen molar-refractivity contribution in [3.63, 3.8) is 0 Å². The van der Waals surface area contributed by atoms with Gasteiger partial charge in [-0.3, -0.25) is 0 Å². The molecule has 0 amide bonds. The SMILES string of the molecule is CC(O)C1CSC1. The smallest absolute Gasteiger partial charge is 0.0556 e. The lowest BCUT2D eigenvalue weighted by atomic mass is 10.1. The van der Waals surface area contributed by atoms with Crippen molar-refractivity contribution in [3.05, 3.63) is 0 Å². The topological polar surface area (TPSA) is 20.2 Å². The summed E-state index contributed by atoms with van der Waals surface area (Å²) in [5.41, 5.74) is 0. The maximum absolute atomic E-state index is 8.86. The third-order valence-electron chi connectivity index (χ3n) is 1.35. The van der Waals surface area contributed by atoms with Crippen LogP contribution in [0.2, 0.25) is 0 Å². The molecule has 1 heterocycles. The number of thioether (sulfide) groups is 1. The molecule has 0 aromatic heterocycles. The van der Waals surface area contributed by atoms with Crippen LogP contribution in [0.15, 0.2) is 0 Å². The Balaban J connectivity index is 2.14. The fourth-order valence-corrected chi connectivity index (χ4v) is 1.60. The van der Waals surface area contributed by atoms with Gasteiger partial charge in [-0.1, -0.05) is 0 Å². The predicted molar refractivity (Wildman–Crippen MR) is 32.5 cm³/mol. The molecule has 1 aliphatic rings. The van der Waals surface area contributed by atoms with E-state index in [4.69, 9.17) is 5.11 Å². The lowest BCUT2D eigenvalue weighted by molar-refractivity contribution is 0.144. The molecule has 0 radical (unpaired) electrons. The minimum absolute atomic E-state index is 0.0683. The molecule has 1 unspecified atom stereocenters. The van der Waals surface area contributed by atoms with Crippen molar-refractivity contribution in [2.75, 3.05) is 11.5 Å². The predicted octanol–water partition coefficient (Wildman–Crippen LogP) is 0.730. The van der Waals surface area contributed by atoms with Crippen LogP contribution in [0.3, 0.4) is 0 Å². The summed E-state index contributed by atoms with van der Waals surface area (Å²) in [6.07, 6.45) is -0.0683. The highest BCUT2D eigenvalue weighted by Gasteiger charge is 2.22. The number of hydrogen-bond acceptors (Lipinski definition) is 2. The molecular formula is C5H10OS. The quantitative estimate of drug-likeness (QED) is 0.547. The third-order valence-corrected chi connectivity index (χ3v) is 2.67. The van der Waals surface area contributed by atoms with Crippen LogP contribution < -0.4 is 0 Å². The molecular weight excluding hydrogens is 108 g/mol. The minimum Gasteiger partial charge on any atom is -0.393 e. The zero-order valence-corrected chi connectivity index (χ0v) is 5.24. The standard InChI is InChI=1S/C5H10OS/c1-4(6)5-2-7-3-5/h4-6H,2-3H2,1H3. The average molecular weight is 118 g/mol. The molecule has 0 aromatic rings. The van der Waals surface area contributed by atoms with Gasteiger partial charge in [-0.05, 0) is 18.4 Å². The van der Waals surface area contributed by atoms with E-state index in [1.165, 1.54) is 0 Å². The Bertz CT molecular complexity index is 59.1. The summed E-state index contributed by atoms with van der Waals surface area (Å²) in [5, 5.41) is 8.86. The van der Waals surface area contributed by atoms with Gasteiger partial charge in [0.05, 0.1) is 6.10 Å². The van der Waals surface area contributed by atoms with Crippen molar-refractivity contribution in [2.24, 2.45) is 5.92 Å². The van der Waals surface area contributed by atoms with Crippen LogP contribution in [0.1, 0.15) is 6.92 Å². The van der Waals surface area contributed by atoms with Crippen molar-refractivity contribution in [1.82, 2.24) is 0 Å². The van der Waals surface area contributed by atoms with Gasteiger partial charge in [0.25, 0.3) is 0 Å². The van der Waals surface area contributed by atoms with Gasteiger partial charge in [-0.25, -0.2) is 0 Å². The van der Waals surface area contributed by atoms with Crippen LogP contribution >= 0.6 is 11.8 Å². The zero-order valence-electron chi connectivity index (χ0n) is 4.42. The number of aliphatic hydroxyl groups is 1. The Morgan fingerprint density at radius 1 is 1.71 bits per heavy atom. The van der Waals surface area contributed by atoms with Gasteiger partial charge in [0.2, 0.25) is 0 Å². The molecule has 1 aliphatic heterocycles. The number of hydrogen-bond donors (Lipinski definition) is 1. The van der Waals surface area contributed by atoms with Crippen LogP contribution in [0.4, 0.5) is 0 Å². The second-order valence-corrected chi connectivity index (χ2v) is 3.11. The van der Waals surface area contributed by atoms with Crippen LogP contribution in [-0.2, 0) is 0 Å². The van der Waals surface area contributed by atoms with Gasteiger partial charge in [0.1, 0.15) is 0 Å². The first kappa shape index (κ1) is 5.45. The van der Waals surface area contributed by atoms with E-state index in [2.05, 4.69) is 0 Å². The van der Waals surface area contributed by atoms with Crippen LogP contribution in [0.5, 0.6) is 0 Å². The molecule has 2 heteroatoms. The fourth-order valence-electron chi connectivity index (χ4n) is 0.532. The van der Waals surface area contributed by atoms with Crippen molar-refractivity contribution in [3.8, 4) is 0 Å². The van der Waals surface area contributed by atoms with E-state index in [0.717, 1.165) is 11.5 Å². The number of rotatable bonds is 1. The average Bonchev–Trinajstić information content (AvgIpc) is 1.23. The van der Waals surface area contributed by atoms with Crippen LogP contribution in [0.25, 0.3) is 0 Å². The summed E-state index contributed by atoms with van der Waals surface area (Å²) in [6.45, 7) is 1.87. The molecule has 1 saturated heterocycles. The molecule has 1 fully saturated rings. The molecule has 0 aromatic carbocycles. The van der Waals surface area contributed by atoms with Crippen molar-refractivity contribution in [1.29, 1.82) is 0 Å². The molecule has 0 bridgehead atoms. The van der Waals surface area contributed by atoms with Gasteiger partial charge >= 0.3 is 0 Å². The summed E-state index contributed by atoms with van der Waals surface area (Å²) in [4.78, 5) is 0. The van der Waals surface area contributed by atoms with Gasteiger partial charge in [-0.2, -0.15) is 11.8 Å². The second-order valence-electron chi connectivity index (χ2n) is 2.04. The molecule has 1 nitrogen and oxygen atoms in total. The van der Waals surface area contributed by atoms with Crippen molar-refractivity contribution >= 4 is 11.8 Å². The Kier molecular flexibility index (Phi) is 1.60. The molecule has 1 rings (SSSR count). The fraction of sp³-hybridized carbons (Fsp3) is 1.00. The van der Waals surface area contributed by atoms with E-state index in [9.17, 15) is 0 Å². The normalized spacial score (nSPS) is 26.6. The van der Waals surface area contributed by atoms with E-state index in [0.29, 0.717) is 5.92 Å². The van der Waals surface area contributed by atoms with E-state index in [1.807, 2.05) is 18.7 Å². The molecule has 1 atom stereocenters. The van der Waals surface area contributed by atoms with Crippen molar-refractivity contribution in [2.45, 2.75) is 13.0 Å². The Hall–Kier alpha value is 0.310. The highest BCUT2D eigenvalue weighted by Crippen LogP contribution is 2.26. The van der Waals surface area contributed by atoms with Crippen LogP contribution in [-0.4, -0.2) is 22.7 Å². The van der Waals surface area contributed by atoms with Gasteiger partial charge in [0, 0.05) is 5.92 Å². The maximum atomic E-state index is 8.86. The number of aliphatic hydroxyl groups excluding tert-OH is 1. The summed E-state index contributed by atoms with van der Waals surface area (Å²) < 4.78 is 0. The van der Waals surface area contributed by atoms with E-state index in [-0.39, 0.29) is 6.10 Å². The Morgan fingerprint density at radius 2 is 2.29 bits per heavy atom. The summed E-state index contributed by atoms with van der Waals surface area (Å²) >= 11 is 1.91. The Morgan fingerprint density at radius 3 is 2.29 bits per heavy atom. The first-order chi connectivity index (χ1) is 3.30. The van der Waals surface area contributed by atoms with Gasteiger partial charge in [-0.15, -0.1) is 0 Å². The minimum atomic E-state index is -0.0683. The maximum Gasteiger partial charge on any atom is 0.0556 e. The van der Waals surface area contributed by atoms with E-state index >= 15 is 0 Å². The summed E-state index contributed by atoms with van der Waals surface area (Å²) in [6, 6.07) is 0. The van der Waals surface area contributed by atoms with E-state index < -0.39 is 0 Å². The molecule has 0 spiro atoms. The summed E-state index contributed by atoms with van der Waals surface area (Å²) in [7, 11) is 0. The first-order valence-corrected chi connectivity index (χ1v) is 3.72. The Labute approximate surface area is 48.1 Å². The molecule has 1 N–H and O–H groups in total. The largest absolute Gasteiger partial charge is 0.393 e. The molecule has 42 valence electrons. The van der Waals surface area contributed by atoms with Gasteiger partial charge in [0.15, 0.2) is 0 Å². The first-order valence-electron chi connectivity index (χ1n) is 2.56. The highest BCUT2D eigenvalue weighted by molar-refractivity contribution is 8.00. The third kappa shape index (κ3) is 1.10. The lowest BCUT2D eigenvalue weighted by Crippen LogP contribution is -2.28. The van der Waals surface area contributed by atoms with Crippen molar-refractivity contribution < 1.29 is 5.11 Å². The highest BCUT2D eigenvalue weighted by atomic mass is 32.2.